The Kier molecular flexibility index (Phi) is 2.87. The Morgan fingerprint density at radius 3 is 2.54 bits per heavy atom. The number of nitrogens with two attached hydrogens (primary N) is 2. The number of sulfonamides is 1. The summed E-state index contributed by atoms with van der Waals surface area (Å²) in [5, 5.41) is 4.93. The van der Waals surface area contributed by atoms with Gasteiger partial charge in [-0.3, -0.25) is 0 Å². The van der Waals surface area contributed by atoms with Gasteiger partial charge in [-0.15, -0.1) is 17.9 Å². The van der Waals surface area contributed by atoms with E-state index in [9.17, 15) is 8.42 Å². The number of rotatable bonds is 3. The van der Waals surface area contributed by atoms with Crippen LogP contribution in [0.2, 0.25) is 0 Å². The molecule has 0 radical (unpaired) electrons. The van der Waals surface area contributed by atoms with Crippen LogP contribution in [0.4, 0.5) is 0 Å². The van der Waals surface area contributed by atoms with Crippen molar-refractivity contribution >= 4 is 21.4 Å². The van der Waals surface area contributed by atoms with E-state index in [1.165, 1.54) is 6.07 Å². The van der Waals surface area contributed by atoms with Crippen LogP contribution < -0.4 is 10.9 Å². The fraction of sp³-hybridized carbons (Fsp3) is 0.143. The highest BCUT2D eigenvalue weighted by atomic mass is 32.2. The standard InChI is InChI=1S/C7H10N2O2S2/c1-2-5(8)6-3-4-7(12-6)13(9,10)11/h2-5H,1,8H2,(H2,9,10,11)/t5-/m1/s1. The van der Waals surface area contributed by atoms with Crippen LogP contribution >= 0.6 is 11.3 Å². The fourth-order valence-corrected chi connectivity index (χ4v) is 2.53. The quantitative estimate of drug-likeness (QED) is 0.728. The number of thiophene rings is 1. The highest BCUT2D eigenvalue weighted by Gasteiger charge is 2.13. The lowest BCUT2D eigenvalue weighted by Crippen LogP contribution is -2.10. The summed E-state index contributed by atoms with van der Waals surface area (Å²) in [6.07, 6.45) is 1.54. The molecule has 1 rings (SSSR count). The summed E-state index contributed by atoms with van der Waals surface area (Å²) in [5.74, 6) is 0. The number of hydrogen-bond acceptors (Lipinski definition) is 4. The minimum Gasteiger partial charge on any atom is -0.320 e. The Labute approximate surface area is 80.9 Å². The first-order chi connectivity index (χ1) is 5.95. The van der Waals surface area contributed by atoms with E-state index >= 15 is 0 Å². The smallest absolute Gasteiger partial charge is 0.247 e. The van der Waals surface area contributed by atoms with E-state index in [0.717, 1.165) is 16.2 Å². The third kappa shape index (κ3) is 2.38. The van der Waals surface area contributed by atoms with Gasteiger partial charge in [0.2, 0.25) is 10.0 Å². The van der Waals surface area contributed by atoms with Gasteiger partial charge >= 0.3 is 0 Å². The Balaban J connectivity index is 3.07. The molecule has 72 valence electrons. The van der Waals surface area contributed by atoms with Crippen molar-refractivity contribution in [2.45, 2.75) is 10.3 Å². The maximum absolute atomic E-state index is 10.9. The second-order valence-corrected chi connectivity index (χ2v) is 5.37. The molecule has 1 aromatic heterocycles. The predicted octanol–water partition coefficient (Wildman–Crippen LogP) is 0.581. The molecule has 0 amide bonds. The van der Waals surface area contributed by atoms with Crippen molar-refractivity contribution in [3.05, 3.63) is 29.7 Å². The summed E-state index contributed by atoms with van der Waals surface area (Å²) in [7, 11) is -3.60. The summed E-state index contributed by atoms with van der Waals surface area (Å²) >= 11 is 1.06. The van der Waals surface area contributed by atoms with Gasteiger partial charge in [0.05, 0.1) is 6.04 Å². The van der Waals surface area contributed by atoms with Crippen LogP contribution in [0.15, 0.2) is 29.0 Å². The van der Waals surface area contributed by atoms with Crippen molar-refractivity contribution in [3.8, 4) is 0 Å². The highest BCUT2D eigenvalue weighted by Crippen LogP contribution is 2.24. The van der Waals surface area contributed by atoms with Crippen LogP contribution in [0.25, 0.3) is 0 Å². The average molecular weight is 218 g/mol. The van der Waals surface area contributed by atoms with E-state index in [-0.39, 0.29) is 10.3 Å². The van der Waals surface area contributed by atoms with Gasteiger partial charge in [0.25, 0.3) is 0 Å². The second-order valence-electron chi connectivity index (χ2n) is 2.46. The van der Waals surface area contributed by atoms with Gasteiger partial charge in [0, 0.05) is 4.88 Å². The van der Waals surface area contributed by atoms with Crippen LogP contribution in [0, 0.1) is 0 Å². The Morgan fingerprint density at radius 1 is 1.54 bits per heavy atom. The van der Waals surface area contributed by atoms with Crippen molar-refractivity contribution in [2.24, 2.45) is 10.9 Å². The van der Waals surface area contributed by atoms with E-state index < -0.39 is 10.0 Å². The zero-order valence-electron chi connectivity index (χ0n) is 6.80. The second kappa shape index (κ2) is 3.59. The van der Waals surface area contributed by atoms with Crippen LogP contribution in [0.1, 0.15) is 10.9 Å². The highest BCUT2D eigenvalue weighted by molar-refractivity contribution is 7.91. The van der Waals surface area contributed by atoms with Crippen LogP contribution in [-0.2, 0) is 10.0 Å². The van der Waals surface area contributed by atoms with Gasteiger partial charge in [-0.05, 0) is 12.1 Å². The van der Waals surface area contributed by atoms with Crippen molar-refractivity contribution in [1.82, 2.24) is 0 Å². The van der Waals surface area contributed by atoms with Gasteiger partial charge in [-0.2, -0.15) is 0 Å². The van der Waals surface area contributed by atoms with E-state index in [0.29, 0.717) is 0 Å². The third-order valence-electron chi connectivity index (χ3n) is 1.47. The minimum atomic E-state index is -3.60. The molecular weight excluding hydrogens is 208 g/mol. The SMILES string of the molecule is C=C[C@@H](N)c1ccc(S(N)(=O)=O)s1. The molecule has 1 atom stereocenters. The molecule has 1 aromatic rings. The largest absolute Gasteiger partial charge is 0.320 e. The Hall–Kier alpha value is -0.690. The van der Waals surface area contributed by atoms with E-state index in [1.54, 1.807) is 12.1 Å². The normalized spacial score (nSPS) is 14.0. The molecule has 0 saturated carbocycles. The molecule has 1 heterocycles. The summed E-state index contributed by atoms with van der Waals surface area (Å²) in [6, 6.07) is 2.75. The molecule has 0 aromatic carbocycles. The molecule has 13 heavy (non-hydrogen) atoms. The van der Waals surface area contributed by atoms with Crippen molar-refractivity contribution in [3.63, 3.8) is 0 Å². The monoisotopic (exact) mass is 218 g/mol. The van der Waals surface area contributed by atoms with Gasteiger partial charge in [0.15, 0.2) is 0 Å². The number of primary sulfonamides is 1. The zero-order valence-corrected chi connectivity index (χ0v) is 8.44. The predicted molar refractivity (Wildman–Crippen MR) is 52.8 cm³/mol. The first-order valence-electron chi connectivity index (χ1n) is 3.46. The summed E-state index contributed by atoms with van der Waals surface area (Å²) < 4.78 is 21.9. The van der Waals surface area contributed by atoms with Gasteiger partial charge in [-0.25, -0.2) is 13.6 Å². The Morgan fingerprint density at radius 2 is 2.15 bits per heavy atom. The topological polar surface area (TPSA) is 86.2 Å². The van der Waals surface area contributed by atoms with Crippen molar-refractivity contribution < 1.29 is 8.42 Å². The molecule has 6 heteroatoms. The number of hydrogen-bond donors (Lipinski definition) is 2. The van der Waals surface area contributed by atoms with Gasteiger partial charge in [0.1, 0.15) is 4.21 Å². The molecule has 0 aliphatic heterocycles. The molecule has 0 bridgehead atoms. The first kappa shape index (κ1) is 10.4. The first-order valence-corrected chi connectivity index (χ1v) is 5.82. The molecular formula is C7H10N2O2S2. The summed E-state index contributed by atoms with van der Waals surface area (Å²) in [4.78, 5) is 0.735. The molecule has 0 spiro atoms. The Bertz CT molecular complexity index is 408. The van der Waals surface area contributed by atoms with E-state index in [4.69, 9.17) is 10.9 Å². The summed E-state index contributed by atoms with van der Waals surface area (Å²) in [5.41, 5.74) is 5.61. The molecule has 0 fully saturated rings. The lowest BCUT2D eigenvalue weighted by molar-refractivity contribution is 0.600. The van der Waals surface area contributed by atoms with Crippen LogP contribution in [-0.4, -0.2) is 8.42 Å². The van der Waals surface area contributed by atoms with E-state index in [1.807, 2.05) is 0 Å². The molecule has 0 saturated heterocycles. The fourth-order valence-electron chi connectivity index (χ4n) is 0.783. The molecule has 4 N–H and O–H groups in total. The van der Waals surface area contributed by atoms with Crippen molar-refractivity contribution in [1.29, 1.82) is 0 Å². The van der Waals surface area contributed by atoms with Gasteiger partial charge in [-0.1, -0.05) is 6.08 Å². The maximum Gasteiger partial charge on any atom is 0.247 e. The van der Waals surface area contributed by atoms with E-state index in [2.05, 4.69) is 6.58 Å². The minimum absolute atomic E-state index is 0.125. The molecule has 0 aliphatic rings. The van der Waals surface area contributed by atoms with Gasteiger partial charge < -0.3 is 5.73 Å². The molecule has 0 aliphatic carbocycles. The lowest BCUT2D eigenvalue weighted by atomic mass is 10.2. The lowest BCUT2D eigenvalue weighted by Gasteiger charge is -1.99. The average Bonchev–Trinajstić information content (AvgIpc) is 2.50. The van der Waals surface area contributed by atoms with Crippen molar-refractivity contribution in [2.75, 3.05) is 0 Å². The van der Waals surface area contributed by atoms with Crippen LogP contribution in [0.3, 0.4) is 0 Å². The van der Waals surface area contributed by atoms with Crippen LogP contribution in [0.5, 0.6) is 0 Å². The molecule has 0 unspecified atom stereocenters. The zero-order chi connectivity index (χ0) is 10.1. The third-order valence-corrected chi connectivity index (χ3v) is 4.09. The maximum atomic E-state index is 10.9. The summed E-state index contributed by atoms with van der Waals surface area (Å²) in [6.45, 7) is 3.51. The molecule has 4 nitrogen and oxygen atoms in total.